The number of nitrogens with zero attached hydrogens (tertiary/aromatic N) is 1. The first kappa shape index (κ1) is 44.2. The topological polar surface area (TPSA) is 133 Å². The molecule has 280 valence electrons. The molecule has 1 saturated carbocycles. The van der Waals surface area contributed by atoms with Gasteiger partial charge in [-0.25, -0.2) is 4.39 Å². The summed E-state index contributed by atoms with van der Waals surface area (Å²) in [6, 6.07) is 9.84. The predicted molar refractivity (Wildman–Crippen MR) is 193 cm³/mol. The van der Waals surface area contributed by atoms with Crippen LogP contribution in [0.5, 0.6) is 0 Å². The van der Waals surface area contributed by atoms with E-state index in [1.807, 2.05) is 51.1 Å². The van der Waals surface area contributed by atoms with Gasteiger partial charge in [0.2, 0.25) is 5.91 Å². The van der Waals surface area contributed by atoms with Gasteiger partial charge in [0.15, 0.2) is 0 Å². The van der Waals surface area contributed by atoms with Gasteiger partial charge in [-0.2, -0.15) is 0 Å². The van der Waals surface area contributed by atoms with Crippen LogP contribution in [0.3, 0.4) is 0 Å². The van der Waals surface area contributed by atoms with Crippen molar-refractivity contribution < 1.29 is 37.4 Å². The molecule has 2 heterocycles. The van der Waals surface area contributed by atoms with Gasteiger partial charge in [-0.1, -0.05) is 63.6 Å². The van der Waals surface area contributed by atoms with Crippen molar-refractivity contribution in [2.24, 2.45) is 23.5 Å². The van der Waals surface area contributed by atoms with Gasteiger partial charge in [-0.05, 0) is 77.1 Å². The lowest BCUT2D eigenvalue weighted by Gasteiger charge is -2.32. The Morgan fingerprint density at radius 1 is 1.14 bits per heavy atom. The lowest BCUT2D eigenvalue weighted by Crippen LogP contribution is -2.45. The molecule has 11 heteroatoms. The summed E-state index contributed by atoms with van der Waals surface area (Å²) >= 11 is 0. The number of likely N-dealkylation sites (N-methyl/N-ethyl adjacent to an activating group) is 2. The molecule has 0 spiro atoms. The number of carbonyl (C=O) groups excluding carboxylic acids is 3. The summed E-state index contributed by atoms with van der Waals surface area (Å²) < 4.78 is 31.7. The van der Waals surface area contributed by atoms with E-state index >= 15 is 0 Å². The molecule has 10 nitrogen and oxygen atoms in total. The number of benzene rings is 1. The van der Waals surface area contributed by atoms with Gasteiger partial charge in [-0.15, -0.1) is 0 Å². The highest BCUT2D eigenvalue weighted by atomic mass is 19.1. The van der Waals surface area contributed by atoms with E-state index in [1.165, 1.54) is 43.9 Å². The second kappa shape index (κ2) is 26.9. The SMILES string of the molecule is CCC(C=O)CCCC(N)CF.CNC(=O)C1C(C2CCCCC2)CCN1C.COCCOC(C)COC=O.Cc1cc2ccccc2o1. The number of methoxy groups -OCH3 is 1. The molecular weight excluding hydrogens is 629 g/mol. The Morgan fingerprint density at radius 2 is 1.86 bits per heavy atom. The van der Waals surface area contributed by atoms with Crippen molar-refractivity contribution in [2.45, 2.75) is 103 Å². The summed E-state index contributed by atoms with van der Waals surface area (Å²) in [5.41, 5.74) is 6.35. The zero-order valence-corrected chi connectivity index (χ0v) is 30.9. The molecule has 1 aliphatic carbocycles. The number of rotatable bonds is 16. The molecule has 1 aromatic heterocycles. The average Bonchev–Trinajstić information content (AvgIpc) is 3.71. The maximum atomic E-state index is 11.9. The average molecular weight is 694 g/mol. The summed E-state index contributed by atoms with van der Waals surface area (Å²) in [5.74, 6) is 2.72. The van der Waals surface area contributed by atoms with Crippen molar-refractivity contribution in [1.82, 2.24) is 10.2 Å². The van der Waals surface area contributed by atoms with E-state index in [0.717, 1.165) is 49.4 Å². The van der Waals surface area contributed by atoms with Crippen LogP contribution in [0.1, 0.15) is 83.8 Å². The van der Waals surface area contributed by atoms with E-state index in [1.54, 1.807) is 14.2 Å². The monoisotopic (exact) mass is 693 g/mol. The zero-order chi connectivity index (χ0) is 36.4. The summed E-state index contributed by atoms with van der Waals surface area (Å²) in [6.07, 6.45) is 12.2. The Labute approximate surface area is 294 Å². The number of hydrogen-bond donors (Lipinski definition) is 2. The third-order valence-corrected chi connectivity index (χ3v) is 9.17. The molecule has 1 amide bonds. The third kappa shape index (κ3) is 18.1. The quantitative estimate of drug-likeness (QED) is 0.154. The molecule has 49 heavy (non-hydrogen) atoms. The fourth-order valence-electron chi connectivity index (χ4n) is 6.33. The lowest BCUT2D eigenvalue weighted by molar-refractivity contribution is -0.132. The number of carbonyl (C=O) groups is 3. The Bertz CT molecular complexity index is 1110. The normalized spacial score (nSPS) is 19.5. The van der Waals surface area contributed by atoms with Crippen LogP contribution in [0.25, 0.3) is 11.0 Å². The largest absolute Gasteiger partial charge is 0.465 e. The van der Waals surface area contributed by atoms with E-state index in [-0.39, 0.29) is 30.0 Å². The van der Waals surface area contributed by atoms with Crippen molar-refractivity contribution in [2.75, 3.05) is 54.2 Å². The number of halogens is 1. The molecule has 0 bridgehead atoms. The smallest absolute Gasteiger partial charge is 0.293 e. The molecule has 5 unspecified atom stereocenters. The molecule has 3 N–H and O–H groups in total. The summed E-state index contributed by atoms with van der Waals surface area (Å²) in [7, 11) is 5.45. The number of likely N-dealkylation sites (tertiary alicyclic amines) is 1. The Kier molecular flexibility index (Phi) is 24.3. The summed E-state index contributed by atoms with van der Waals surface area (Å²) in [6.45, 7) is 8.19. The number of hydrogen-bond acceptors (Lipinski definition) is 9. The minimum atomic E-state index is -0.460. The first-order valence-electron chi connectivity index (χ1n) is 17.9. The molecule has 2 fully saturated rings. The Morgan fingerprint density at radius 3 is 2.45 bits per heavy atom. The van der Waals surface area contributed by atoms with Crippen LogP contribution in [0.15, 0.2) is 34.7 Å². The van der Waals surface area contributed by atoms with Crippen LogP contribution in [-0.4, -0.2) is 96.0 Å². The Hall–Kier alpha value is -2.86. The van der Waals surface area contributed by atoms with Crippen LogP contribution < -0.4 is 11.1 Å². The number of alkyl halides is 1. The number of furan rings is 1. The molecule has 1 aromatic carbocycles. The van der Waals surface area contributed by atoms with E-state index in [2.05, 4.69) is 22.0 Å². The number of ether oxygens (including phenoxy) is 3. The molecular formula is C38H64FN3O7. The molecule has 1 saturated heterocycles. The second-order valence-corrected chi connectivity index (χ2v) is 13.0. The van der Waals surface area contributed by atoms with Crippen LogP contribution in [-0.2, 0) is 28.6 Å². The number of aryl methyl sites for hydroxylation is 1. The van der Waals surface area contributed by atoms with Gasteiger partial charge >= 0.3 is 0 Å². The number of aldehydes is 1. The maximum absolute atomic E-state index is 11.9. The van der Waals surface area contributed by atoms with Crippen molar-refractivity contribution in [3.05, 3.63) is 36.1 Å². The number of fused-ring (bicyclic) bond motifs is 1. The first-order chi connectivity index (χ1) is 23.6. The number of amides is 1. The first-order valence-corrected chi connectivity index (χ1v) is 17.9. The molecule has 1 aliphatic heterocycles. The zero-order valence-electron chi connectivity index (χ0n) is 30.9. The molecule has 4 rings (SSSR count). The van der Waals surface area contributed by atoms with Gasteiger partial charge in [0.25, 0.3) is 6.47 Å². The van der Waals surface area contributed by atoms with Crippen LogP contribution >= 0.6 is 0 Å². The number of nitrogens with one attached hydrogen (secondary N) is 1. The van der Waals surface area contributed by atoms with Gasteiger partial charge in [0.05, 0.1) is 25.4 Å². The number of nitrogens with two attached hydrogens (primary N) is 1. The van der Waals surface area contributed by atoms with E-state index in [0.29, 0.717) is 38.6 Å². The molecule has 2 aromatic rings. The van der Waals surface area contributed by atoms with Crippen LogP contribution in [0, 0.1) is 24.7 Å². The molecule has 2 aliphatic rings. The second-order valence-electron chi connectivity index (χ2n) is 13.0. The predicted octanol–water partition coefficient (Wildman–Crippen LogP) is 6.26. The highest BCUT2D eigenvalue weighted by molar-refractivity contribution is 5.82. The minimum absolute atomic E-state index is 0.0599. The highest BCUT2D eigenvalue weighted by Gasteiger charge is 2.41. The van der Waals surface area contributed by atoms with E-state index < -0.39 is 6.67 Å². The fourth-order valence-corrected chi connectivity index (χ4v) is 6.33. The van der Waals surface area contributed by atoms with Crippen molar-refractivity contribution in [1.29, 1.82) is 0 Å². The van der Waals surface area contributed by atoms with Gasteiger partial charge in [0, 0.05) is 31.5 Å². The van der Waals surface area contributed by atoms with Crippen LogP contribution in [0.4, 0.5) is 4.39 Å². The van der Waals surface area contributed by atoms with Gasteiger partial charge in [-0.3, -0.25) is 14.5 Å². The van der Waals surface area contributed by atoms with Crippen molar-refractivity contribution in [3.63, 3.8) is 0 Å². The molecule has 0 radical (unpaired) electrons. The highest BCUT2D eigenvalue weighted by Crippen LogP contribution is 2.38. The van der Waals surface area contributed by atoms with Gasteiger partial charge in [0.1, 0.15) is 30.9 Å². The van der Waals surface area contributed by atoms with Crippen LogP contribution in [0.2, 0.25) is 0 Å². The molecule has 5 atom stereocenters. The number of para-hydroxylation sites is 1. The fraction of sp³-hybridized carbons (Fsp3) is 0.711. The van der Waals surface area contributed by atoms with E-state index in [9.17, 15) is 18.8 Å². The van der Waals surface area contributed by atoms with E-state index in [4.69, 9.17) is 19.6 Å². The lowest BCUT2D eigenvalue weighted by atomic mass is 9.76. The third-order valence-electron chi connectivity index (χ3n) is 9.17. The van der Waals surface area contributed by atoms with Crippen molar-refractivity contribution in [3.8, 4) is 0 Å². The standard InChI is InChI=1S/C13H24N2O.C9H18FNO.C9H8O.C7H14O4/c1-14-13(16)12-11(8-9-15(12)2)10-6-4-3-5-7-10;1-2-8(7-12)4-3-5-9(11)6-10;1-7-6-8-4-2-3-5-9(8)10-7;1-7(5-10-6-8)11-4-3-9-2/h10-12H,3-9H2,1-2H3,(H,14,16);7-9H,2-6,11H2,1H3;2-6H,1H3;6-7H,3-5H2,1-2H3. The summed E-state index contributed by atoms with van der Waals surface area (Å²) in [5, 5.41) is 4.01. The minimum Gasteiger partial charge on any atom is -0.465 e. The maximum Gasteiger partial charge on any atom is 0.293 e. The summed E-state index contributed by atoms with van der Waals surface area (Å²) in [4.78, 5) is 34.3. The van der Waals surface area contributed by atoms with Crippen molar-refractivity contribution >= 4 is 29.6 Å². The van der Waals surface area contributed by atoms with Gasteiger partial charge < -0.3 is 34.5 Å². The Balaban J connectivity index is 0.000000333.